The van der Waals surface area contributed by atoms with Crippen LogP contribution in [0.1, 0.15) is 17.0 Å². The monoisotopic (exact) mass is 325 g/mol. The van der Waals surface area contributed by atoms with E-state index < -0.39 is 10.0 Å². The number of hydrogen-bond acceptors (Lipinski definition) is 5. The summed E-state index contributed by atoms with van der Waals surface area (Å²) in [7, 11) is -1.93. The number of sulfonamides is 1. The van der Waals surface area contributed by atoms with Crippen LogP contribution in [0.2, 0.25) is 0 Å². The molecule has 0 aliphatic heterocycles. The average molecular weight is 325 g/mol. The van der Waals surface area contributed by atoms with Gasteiger partial charge in [0.1, 0.15) is 11.3 Å². The summed E-state index contributed by atoms with van der Waals surface area (Å²) in [6.07, 6.45) is 1.50. The maximum Gasteiger partial charge on any atom is 0.240 e. The van der Waals surface area contributed by atoms with Gasteiger partial charge < -0.3 is 5.73 Å². The molecule has 0 fully saturated rings. The van der Waals surface area contributed by atoms with Gasteiger partial charge in [-0.2, -0.15) is 5.10 Å². The van der Waals surface area contributed by atoms with E-state index in [9.17, 15) is 8.42 Å². The van der Waals surface area contributed by atoms with Gasteiger partial charge in [0.15, 0.2) is 5.82 Å². The second-order valence-corrected chi connectivity index (χ2v) is 6.71. The summed E-state index contributed by atoms with van der Waals surface area (Å²) in [6, 6.07) is 4.60. The highest BCUT2D eigenvalue weighted by Crippen LogP contribution is 2.15. The summed E-state index contributed by atoms with van der Waals surface area (Å²) in [4.78, 5) is 4.35. The highest BCUT2D eigenvalue weighted by atomic mass is 32.2. The van der Waals surface area contributed by atoms with Crippen molar-refractivity contribution in [1.82, 2.24) is 19.5 Å². The fraction of sp³-hybridized carbons (Fsp3) is 0.250. The lowest BCUT2D eigenvalue weighted by molar-refractivity contribution is 0.578. The number of rotatable bonds is 5. The first kappa shape index (κ1) is 15.5. The highest BCUT2D eigenvalue weighted by molar-refractivity contribution is 7.89. The van der Waals surface area contributed by atoms with Gasteiger partial charge in [-0.15, -0.1) is 0 Å². The molecule has 0 unspecified atom stereocenters. The van der Waals surface area contributed by atoms with Gasteiger partial charge in [0.05, 0.1) is 11.4 Å². The van der Waals surface area contributed by atoms with Crippen LogP contribution in [-0.2, 0) is 23.6 Å². The van der Waals surface area contributed by atoms with Crippen LogP contribution < -0.4 is 10.5 Å². The van der Waals surface area contributed by atoms with Crippen LogP contribution in [0, 0.1) is 6.92 Å². The van der Waals surface area contributed by atoms with Gasteiger partial charge in [-0.3, -0.25) is 4.68 Å². The van der Waals surface area contributed by atoms with Gasteiger partial charge in [0, 0.05) is 12.6 Å². The van der Waals surface area contributed by atoms with E-state index in [1.54, 1.807) is 20.0 Å². The summed E-state index contributed by atoms with van der Waals surface area (Å²) in [6.45, 7) is 1.78. The molecule has 1 aromatic carbocycles. The van der Waals surface area contributed by atoms with Gasteiger partial charge in [-0.25, -0.2) is 18.1 Å². The fourth-order valence-electron chi connectivity index (χ4n) is 1.79. The normalized spacial score (nSPS) is 11.5. The standard InChI is InChI=1S/C12H15N5O2S2/c1-8-5-9(3-4-10(8)12(13)20)21(18,19)15-6-11-14-7-17(2)16-11/h3-5,7,15H,6H2,1-2H3,(H2,13,20). The van der Waals surface area contributed by atoms with E-state index in [2.05, 4.69) is 14.8 Å². The zero-order valence-electron chi connectivity index (χ0n) is 11.6. The number of nitrogens with one attached hydrogen (secondary N) is 1. The number of nitrogens with two attached hydrogens (primary N) is 1. The largest absolute Gasteiger partial charge is 0.389 e. The molecule has 0 bridgehead atoms. The molecule has 0 atom stereocenters. The van der Waals surface area contributed by atoms with Gasteiger partial charge in [0.25, 0.3) is 0 Å². The number of hydrogen-bond donors (Lipinski definition) is 2. The number of nitrogens with zero attached hydrogens (tertiary/aromatic N) is 3. The molecule has 7 nitrogen and oxygen atoms in total. The Morgan fingerprint density at radius 2 is 2.19 bits per heavy atom. The fourth-order valence-corrected chi connectivity index (χ4v) is 3.08. The van der Waals surface area contributed by atoms with Crippen molar-refractivity contribution in [2.45, 2.75) is 18.4 Å². The molecule has 0 aliphatic rings. The first-order valence-electron chi connectivity index (χ1n) is 6.04. The summed E-state index contributed by atoms with van der Waals surface area (Å²) in [5, 5.41) is 4.01. The van der Waals surface area contributed by atoms with Gasteiger partial charge in [-0.05, 0) is 24.6 Å². The average Bonchev–Trinajstić information content (AvgIpc) is 2.82. The Labute approximate surface area is 128 Å². The Bertz CT molecular complexity index is 783. The van der Waals surface area contributed by atoms with Crippen LogP contribution >= 0.6 is 12.2 Å². The third kappa shape index (κ3) is 3.63. The second kappa shape index (κ2) is 5.88. The Hall–Kier alpha value is -1.84. The van der Waals surface area contributed by atoms with Crippen LogP contribution in [0.25, 0.3) is 0 Å². The summed E-state index contributed by atoms with van der Waals surface area (Å²) in [5.41, 5.74) is 6.93. The van der Waals surface area contributed by atoms with Crippen LogP contribution in [0.4, 0.5) is 0 Å². The second-order valence-electron chi connectivity index (χ2n) is 4.50. The van der Waals surface area contributed by atoms with Crippen LogP contribution in [0.3, 0.4) is 0 Å². The molecule has 0 aliphatic carbocycles. The van der Waals surface area contributed by atoms with Crippen molar-refractivity contribution in [3.63, 3.8) is 0 Å². The minimum absolute atomic E-state index is 0.0271. The molecule has 0 spiro atoms. The molecule has 0 saturated carbocycles. The number of aromatic nitrogens is 3. The van der Waals surface area contributed by atoms with Crippen molar-refractivity contribution < 1.29 is 8.42 Å². The molecule has 0 amide bonds. The van der Waals surface area contributed by atoms with Gasteiger partial charge in [-0.1, -0.05) is 18.3 Å². The molecule has 9 heteroatoms. The molecule has 0 saturated heterocycles. The van der Waals surface area contributed by atoms with E-state index in [1.165, 1.54) is 23.1 Å². The molecule has 21 heavy (non-hydrogen) atoms. The number of aryl methyl sites for hydroxylation is 2. The predicted molar refractivity (Wildman–Crippen MR) is 82.1 cm³/mol. The maximum absolute atomic E-state index is 12.2. The van der Waals surface area contributed by atoms with Crippen molar-refractivity contribution in [3.8, 4) is 0 Å². The lowest BCUT2D eigenvalue weighted by Gasteiger charge is -2.08. The topological polar surface area (TPSA) is 103 Å². The van der Waals surface area contributed by atoms with Crippen LogP contribution in [0.5, 0.6) is 0 Å². The molecule has 3 N–H and O–H groups in total. The Balaban J connectivity index is 2.19. The molecule has 1 heterocycles. The van der Waals surface area contributed by atoms with Crippen molar-refractivity contribution in [1.29, 1.82) is 0 Å². The smallest absolute Gasteiger partial charge is 0.240 e. The third-order valence-electron chi connectivity index (χ3n) is 2.84. The molecule has 0 radical (unpaired) electrons. The van der Waals surface area contributed by atoms with Gasteiger partial charge >= 0.3 is 0 Å². The van der Waals surface area contributed by atoms with E-state index in [1.807, 2.05) is 0 Å². The molecule has 112 valence electrons. The zero-order valence-corrected chi connectivity index (χ0v) is 13.2. The molecular formula is C12H15N5O2S2. The van der Waals surface area contributed by atoms with E-state index in [-0.39, 0.29) is 16.4 Å². The van der Waals surface area contributed by atoms with Crippen molar-refractivity contribution >= 4 is 27.2 Å². The lowest BCUT2D eigenvalue weighted by atomic mass is 10.1. The molecular weight excluding hydrogens is 310 g/mol. The summed E-state index contributed by atoms with van der Waals surface area (Å²) in [5.74, 6) is 0.401. The Kier molecular flexibility index (Phi) is 4.35. The predicted octanol–water partition coefficient (Wildman–Crippen LogP) is 0.236. The van der Waals surface area contributed by atoms with Crippen LogP contribution in [0.15, 0.2) is 29.4 Å². The minimum atomic E-state index is -3.64. The number of thiocarbonyl (C=S) groups is 1. The first-order chi connectivity index (χ1) is 9.79. The van der Waals surface area contributed by atoms with E-state index in [0.29, 0.717) is 17.0 Å². The maximum atomic E-state index is 12.2. The highest BCUT2D eigenvalue weighted by Gasteiger charge is 2.16. The number of benzene rings is 1. The Morgan fingerprint density at radius 3 is 2.71 bits per heavy atom. The first-order valence-corrected chi connectivity index (χ1v) is 7.93. The van der Waals surface area contributed by atoms with Gasteiger partial charge in [0.2, 0.25) is 10.0 Å². The molecule has 2 rings (SSSR count). The lowest BCUT2D eigenvalue weighted by Crippen LogP contribution is -2.24. The SMILES string of the molecule is Cc1cc(S(=O)(=O)NCc2ncn(C)n2)ccc1C(N)=S. The molecule has 2 aromatic rings. The third-order valence-corrected chi connectivity index (χ3v) is 4.46. The quantitative estimate of drug-likeness (QED) is 0.763. The van der Waals surface area contributed by atoms with Crippen molar-refractivity contribution in [3.05, 3.63) is 41.5 Å². The van der Waals surface area contributed by atoms with E-state index >= 15 is 0 Å². The van der Waals surface area contributed by atoms with Crippen molar-refractivity contribution in [2.24, 2.45) is 12.8 Å². The summed E-state index contributed by atoms with van der Waals surface area (Å²) >= 11 is 4.90. The molecule has 1 aromatic heterocycles. The zero-order chi connectivity index (χ0) is 15.6. The Morgan fingerprint density at radius 1 is 1.48 bits per heavy atom. The minimum Gasteiger partial charge on any atom is -0.389 e. The summed E-state index contributed by atoms with van der Waals surface area (Å²) < 4.78 is 28.4. The van der Waals surface area contributed by atoms with E-state index in [4.69, 9.17) is 18.0 Å². The van der Waals surface area contributed by atoms with Crippen LogP contribution in [-0.4, -0.2) is 28.2 Å². The van der Waals surface area contributed by atoms with Crippen molar-refractivity contribution in [2.75, 3.05) is 0 Å². The van der Waals surface area contributed by atoms with E-state index in [0.717, 1.165) is 0 Å².